The van der Waals surface area contributed by atoms with Crippen molar-refractivity contribution in [3.05, 3.63) is 0 Å². The zero-order chi connectivity index (χ0) is 17.6. The Balaban J connectivity index is -0.00000242. The molecule has 0 heterocycles. The van der Waals surface area contributed by atoms with Crippen molar-refractivity contribution in [1.29, 1.82) is 0 Å². The molecule has 0 aliphatic rings. The fourth-order valence-corrected chi connectivity index (χ4v) is 3.01. The van der Waals surface area contributed by atoms with Crippen LogP contribution in [0.4, 0.5) is 0 Å². The van der Waals surface area contributed by atoms with Gasteiger partial charge in [0.25, 0.3) is 0 Å². The van der Waals surface area contributed by atoms with Crippen molar-refractivity contribution in [3.63, 3.8) is 0 Å². The second kappa shape index (κ2) is 19.3. The van der Waals surface area contributed by atoms with Crippen molar-refractivity contribution in [1.82, 2.24) is 0 Å². The SMILES string of the molecule is CCCCCCCCCCCCC(CCCC)(C(=O)[O-])C(=O)[O-].[Li+].[Na+]. The number of carboxylic acids is 2. The number of rotatable bonds is 16. The number of unbranched alkanes of at least 4 members (excludes halogenated alkanes) is 10. The summed E-state index contributed by atoms with van der Waals surface area (Å²) >= 11 is 0. The Labute approximate surface area is 188 Å². The predicted molar refractivity (Wildman–Crippen MR) is 88.4 cm³/mol. The van der Waals surface area contributed by atoms with Gasteiger partial charge in [0.15, 0.2) is 0 Å². The Hall–Kier alpha value is 0.537. The first-order chi connectivity index (χ1) is 11.0. The molecule has 0 aliphatic carbocycles. The quantitative estimate of drug-likeness (QED) is 0.168. The molecule has 6 heteroatoms. The van der Waals surface area contributed by atoms with E-state index in [1.165, 1.54) is 38.5 Å². The van der Waals surface area contributed by atoms with E-state index in [-0.39, 0.29) is 61.3 Å². The summed E-state index contributed by atoms with van der Waals surface area (Å²) in [5, 5.41) is 22.7. The molecule has 0 rings (SSSR count). The number of hydrogen-bond acceptors (Lipinski definition) is 4. The summed E-state index contributed by atoms with van der Waals surface area (Å²) < 4.78 is 0. The first-order valence-electron chi connectivity index (χ1n) is 9.44. The Morgan fingerprint density at radius 3 is 1.32 bits per heavy atom. The summed E-state index contributed by atoms with van der Waals surface area (Å²) in [4.78, 5) is 22.7. The number of aliphatic carboxylic acids is 2. The second-order valence-electron chi connectivity index (χ2n) is 6.69. The van der Waals surface area contributed by atoms with Crippen LogP contribution in [-0.2, 0) is 9.59 Å². The molecule has 0 saturated carbocycles. The van der Waals surface area contributed by atoms with Gasteiger partial charge in [-0.05, 0) is 12.8 Å². The van der Waals surface area contributed by atoms with Crippen molar-refractivity contribution in [2.24, 2.45) is 5.41 Å². The van der Waals surface area contributed by atoms with Gasteiger partial charge in [-0.25, -0.2) is 0 Å². The van der Waals surface area contributed by atoms with Crippen LogP contribution >= 0.6 is 0 Å². The summed E-state index contributed by atoms with van der Waals surface area (Å²) in [6.45, 7) is 4.12. The van der Waals surface area contributed by atoms with Gasteiger partial charge in [-0.3, -0.25) is 0 Å². The summed E-state index contributed by atoms with van der Waals surface area (Å²) in [6.07, 6.45) is 12.9. The van der Waals surface area contributed by atoms with Gasteiger partial charge >= 0.3 is 48.4 Å². The van der Waals surface area contributed by atoms with Crippen molar-refractivity contribution in [3.8, 4) is 0 Å². The molecule has 25 heavy (non-hydrogen) atoms. The third-order valence-electron chi connectivity index (χ3n) is 4.70. The van der Waals surface area contributed by atoms with Crippen LogP contribution < -0.4 is 58.6 Å². The van der Waals surface area contributed by atoms with Gasteiger partial charge in [-0.1, -0.05) is 90.9 Å². The van der Waals surface area contributed by atoms with E-state index in [4.69, 9.17) is 0 Å². The maximum Gasteiger partial charge on any atom is 1.00 e. The number of carboxylic acid groups (broad SMARTS) is 2. The Morgan fingerprint density at radius 2 is 0.960 bits per heavy atom. The molecule has 0 spiro atoms. The van der Waals surface area contributed by atoms with Crippen LogP contribution in [0.2, 0.25) is 0 Å². The molecule has 4 nitrogen and oxygen atoms in total. The van der Waals surface area contributed by atoms with Crippen molar-refractivity contribution in [2.45, 2.75) is 104 Å². The molecule has 0 atom stereocenters. The largest absolute Gasteiger partial charge is 1.00 e. The summed E-state index contributed by atoms with van der Waals surface area (Å²) in [5.74, 6) is -2.97. The van der Waals surface area contributed by atoms with Crippen molar-refractivity contribution < 1.29 is 68.2 Å². The van der Waals surface area contributed by atoms with E-state index in [9.17, 15) is 19.8 Å². The molecule has 0 aromatic heterocycles. The van der Waals surface area contributed by atoms with Crippen molar-refractivity contribution in [2.75, 3.05) is 0 Å². The summed E-state index contributed by atoms with van der Waals surface area (Å²) in [7, 11) is 0. The first-order valence-corrected chi connectivity index (χ1v) is 9.44. The van der Waals surface area contributed by atoms with E-state index in [0.29, 0.717) is 12.8 Å². The van der Waals surface area contributed by atoms with Crippen LogP contribution in [-0.4, -0.2) is 11.9 Å². The molecule has 0 fully saturated rings. The molecular formula is C19H34LiNaO4. The second-order valence-corrected chi connectivity index (χ2v) is 6.69. The van der Waals surface area contributed by atoms with E-state index < -0.39 is 17.4 Å². The topological polar surface area (TPSA) is 80.3 Å². The van der Waals surface area contributed by atoms with Crippen LogP contribution in [0.25, 0.3) is 0 Å². The maximum absolute atomic E-state index is 11.3. The molecular weight excluding hydrogens is 322 g/mol. The number of carbonyl (C=O) groups is 2. The van der Waals surface area contributed by atoms with Crippen LogP contribution in [0.15, 0.2) is 0 Å². The van der Waals surface area contributed by atoms with Crippen molar-refractivity contribution >= 4 is 11.9 Å². The zero-order valence-corrected chi connectivity index (χ0v) is 19.0. The van der Waals surface area contributed by atoms with Crippen LogP contribution in [0.3, 0.4) is 0 Å². The maximum atomic E-state index is 11.3. The van der Waals surface area contributed by atoms with Gasteiger partial charge in [0, 0.05) is 5.41 Å². The Kier molecular flexibility index (Phi) is 23.4. The van der Waals surface area contributed by atoms with Gasteiger partial charge in [0.1, 0.15) is 0 Å². The minimum Gasteiger partial charge on any atom is -0.549 e. The Morgan fingerprint density at radius 1 is 0.640 bits per heavy atom. The number of hydrogen-bond donors (Lipinski definition) is 0. The summed E-state index contributed by atoms with van der Waals surface area (Å²) in [5.41, 5.74) is -1.80. The van der Waals surface area contributed by atoms with Gasteiger partial charge in [-0.15, -0.1) is 0 Å². The number of carbonyl (C=O) groups excluding carboxylic acids is 2. The minimum absolute atomic E-state index is 0. The van der Waals surface area contributed by atoms with Crippen LogP contribution in [0.5, 0.6) is 0 Å². The molecule has 0 bridgehead atoms. The van der Waals surface area contributed by atoms with E-state index in [2.05, 4.69) is 6.92 Å². The van der Waals surface area contributed by atoms with E-state index in [1.54, 1.807) is 0 Å². The predicted octanol–water partition coefficient (Wildman–Crippen LogP) is -3.02. The van der Waals surface area contributed by atoms with Gasteiger partial charge < -0.3 is 19.8 Å². The molecule has 0 N–H and O–H groups in total. The smallest absolute Gasteiger partial charge is 0.549 e. The molecule has 136 valence electrons. The fraction of sp³-hybridized carbons (Fsp3) is 0.895. The van der Waals surface area contributed by atoms with Crippen LogP contribution in [0.1, 0.15) is 104 Å². The average molecular weight is 356 g/mol. The average Bonchev–Trinajstić information content (AvgIpc) is 2.51. The molecule has 0 amide bonds. The normalized spacial score (nSPS) is 10.6. The minimum atomic E-state index is -1.80. The Bertz CT molecular complexity index is 323. The zero-order valence-electron chi connectivity index (χ0n) is 17.0. The molecule has 0 radical (unpaired) electrons. The van der Waals surface area contributed by atoms with E-state index in [1.807, 2.05) is 6.92 Å². The van der Waals surface area contributed by atoms with Gasteiger partial charge in [0.05, 0.1) is 11.9 Å². The third kappa shape index (κ3) is 13.4. The summed E-state index contributed by atoms with van der Waals surface area (Å²) in [6, 6.07) is 0. The molecule has 0 saturated heterocycles. The van der Waals surface area contributed by atoms with Gasteiger partial charge in [-0.2, -0.15) is 0 Å². The van der Waals surface area contributed by atoms with Crippen LogP contribution in [0, 0.1) is 5.41 Å². The van der Waals surface area contributed by atoms with Gasteiger partial charge in [0.2, 0.25) is 0 Å². The standard InChI is InChI=1S/C19H36O4.Li.Na/c1-3-5-7-8-9-10-11-12-13-14-16-19(17(20)21,18(22)23)15-6-4-2;;/h3-16H2,1-2H3,(H,20,21)(H,22,23);;/q;2*+1/p-2. The molecule has 0 aliphatic heterocycles. The van der Waals surface area contributed by atoms with E-state index >= 15 is 0 Å². The molecule has 0 aromatic rings. The third-order valence-corrected chi connectivity index (χ3v) is 4.70. The molecule has 0 unspecified atom stereocenters. The molecule has 0 aromatic carbocycles. The first kappa shape index (κ1) is 30.3. The monoisotopic (exact) mass is 356 g/mol. The fourth-order valence-electron chi connectivity index (χ4n) is 3.01. The van der Waals surface area contributed by atoms with E-state index in [0.717, 1.165) is 25.7 Å².